The fraction of sp³-hybridized carbons (Fsp3) is 0.440. The fourth-order valence-corrected chi connectivity index (χ4v) is 5.48. The van der Waals surface area contributed by atoms with Gasteiger partial charge in [-0.3, -0.25) is 4.79 Å². The summed E-state index contributed by atoms with van der Waals surface area (Å²) in [5.41, 5.74) is 3.35. The van der Waals surface area contributed by atoms with Crippen LogP contribution in [0, 0.1) is 5.41 Å². The molecule has 5 rings (SSSR count). The second kappa shape index (κ2) is 10.8. The van der Waals surface area contributed by atoms with Crippen molar-refractivity contribution in [3.8, 4) is 11.6 Å². The molecular weight excluding hydrogens is 596 g/mol. The van der Waals surface area contributed by atoms with Crippen LogP contribution in [0.25, 0.3) is 5.69 Å². The number of nitrogens with two attached hydrogens (primary N) is 1. The summed E-state index contributed by atoms with van der Waals surface area (Å²) in [6, 6.07) is 4.36. The smallest absolute Gasteiger partial charge is 0.435 e. The Bertz CT molecular complexity index is 1470. The minimum atomic E-state index is -5.05. The van der Waals surface area contributed by atoms with Gasteiger partial charge in [0.05, 0.1) is 5.69 Å². The zero-order valence-corrected chi connectivity index (χ0v) is 22.3. The zero-order valence-electron chi connectivity index (χ0n) is 21.6. The van der Waals surface area contributed by atoms with E-state index in [1.807, 2.05) is 0 Å². The van der Waals surface area contributed by atoms with Crippen molar-refractivity contribution in [3.63, 3.8) is 0 Å². The number of hydrogen-bond acceptors (Lipinski definition) is 8. The first kappa shape index (κ1) is 29.7. The highest BCUT2D eigenvalue weighted by Gasteiger charge is 2.46. The van der Waals surface area contributed by atoms with Gasteiger partial charge in [0.15, 0.2) is 5.69 Å². The Balaban J connectivity index is 1.41. The lowest BCUT2D eigenvalue weighted by Gasteiger charge is -2.39. The molecule has 4 heterocycles. The van der Waals surface area contributed by atoms with Crippen LogP contribution in [-0.2, 0) is 11.0 Å². The molecule has 17 heteroatoms. The normalized spacial score (nSPS) is 19.7. The second-order valence-electron chi connectivity index (χ2n) is 10.3. The van der Waals surface area contributed by atoms with Crippen LogP contribution in [0.3, 0.4) is 0 Å². The Labute approximate surface area is 239 Å². The lowest BCUT2D eigenvalue weighted by Crippen LogP contribution is -2.41. The first-order chi connectivity index (χ1) is 19.6. The standard InChI is InChI=1S/C25H24ClF6N7O3/c26-13-1-2-14(16(9-13)39-6-3-17(37-39)24(27,28)29)20(25(30,31)32)42-19-10-18(35-22(33)36-19)38-7-4-23(5-8-38)11-15(21(40)41)34-12-23/h1-3,6,9-10,15,20,34H,4-5,7-8,11-12H2,(H,40,41)(H2,33,35,36). The van der Waals surface area contributed by atoms with Gasteiger partial charge in [-0.1, -0.05) is 17.7 Å². The van der Waals surface area contributed by atoms with E-state index in [1.165, 1.54) is 6.07 Å². The maximum absolute atomic E-state index is 14.4. The number of aliphatic carboxylic acids is 1. The summed E-state index contributed by atoms with van der Waals surface area (Å²) in [6.07, 6.45) is -9.98. The molecular formula is C25H24ClF6N7O3. The molecule has 0 bridgehead atoms. The van der Waals surface area contributed by atoms with E-state index in [4.69, 9.17) is 22.1 Å². The summed E-state index contributed by atoms with van der Waals surface area (Å²) >= 11 is 5.98. The average molecular weight is 620 g/mol. The molecule has 226 valence electrons. The summed E-state index contributed by atoms with van der Waals surface area (Å²) in [5, 5.41) is 15.7. The van der Waals surface area contributed by atoms with Crippen LogP contribution in [0.1, 0.15) is 36.6 Å². The quantitative estimate of drug-likeness (QED) is 0.338. The van der Waals surface area contributed by atoms with Gasteiger partial charge in [-0.2, -0.15) is 41.4 Å². The van der Waals surface area contributed by atoms with Gasteiger partial charge in [-0.15, -0.1) is 0 Å². The number of anilines is 2. The molecule has 3 aromatic rings. The molecule has 4 N–H and O–H groups in total. The molecule has 0 aliphatic carbocycles. The molecule has 1 spiro atoms. The summed E-state index contributed by atoms with van der Waals surface area (Å²) < 4.78 is 88.5. The maximum Gasteiger partial charge on any atom is 0.435 e. The molecule has 0 saturated carbocycles. The van der Waals surface area contributed by atoms with Crippen LogP contribution in [0.5, 0.6) is 5.88 Å². The predicted octanol–water partition coefficient (Wildman–Crippen LogP) is 4.63. The molecule has 2 unspecified atom stereocenters. The van der Waals surface area contributed by atoms with Crippen LogP contribution < -0.4 is 20.7 Å². The predicted molar refractivity (Wildman–Crippen MR) is 137 cm³/mol. The number of halogens is 7. The van der Waals surface area contributed by atoms with E-state index >= 15 is 0 Å². The number of carbonyl (C=O) groups is 1. The SMILES string of the molecule is Nc1nc(OC(c2ccc(Cl)cc2-n2ccc(C(F)(F)F)n2)C(F)(F)F)cc(N2CCC3(CC2)CNC(C(=O)O)C3)n1. The number of aromatic nitrogens is 4. The highest BCUT2D eigenvalue weighted by atomic mass is 35.5. The van der Waals surface area contributed by atoms with E-state index in [0.717, 1.165) is 24.4 Å². The number of carboxylic acids is 1. The second-order valence-corrected chi connectivity index (χ2v) is 10.7. The number of alkyl halides is 6. The molecule has 42 heavy (non-hydrogen) atoms. The highest BCUT2D eigenvalue weighted by molar-refractivity contribution is 6.30. The number of ether oxygens (including phenoxy) is 1. The van der Waals surface area contributed by atoms with Crippen LogP contribution in [-0.4, -0.2) is 62.7 Å². The molecule has 2 fully saturated rings. The third kappa shape index (κ3) is 6.18. The number of rotatable bonds is 6. The van der Waals surface area contributed by atoms with Gasteiger partial charge in [0.2, 0.25) is 17.9 Å². The molecule has 2 saturated heterocycles. The van der Waals surface area contributed by atoms with E-state index < -0.39 is 47.6 Å². The third-order valence-electron chi connectivity index (χ3n) is 7.45. The number of nitrogens with zero attached hydrogens (tertiary/aromatic N) is 5. The fourth-order valence-electron chi connectivity index (χ4n) is 5.31. The van der Waals surface area contributed by atoms with Crippen LogP contribution in [0.4, 0.5) is 38.1 Å². The third-order valence-corrected chi connectivity index (χ3v) is 7.69. The molecule has 2 aliphatic rings. The Kier molecular flexibility index (Phi) is 7.64. The number of hydrogen-bond donors (Lipinski definition) is 3. The van der Waals surface area contributed by atoms with Gasteiger partial charge in [0, 0.05) is 42.5 Å². The number of nitrogens with one attached hydrogen (secondary N) is 1. The van der Waals surface area contributed by atoms with Crippen LogP contribution >= 0.6 is 11.6 Å². The van der Waals surface area contributed by atoms with E-state index in [9.17, 15) is 36.2 Å². The van der Waals surface area contributed by atoms with Gasteiger partial charge in [0.25, 0.3) is 0 Å². The van der Waals surface area contributed by atoms with Gasteiger partial charge in [0.1, 0.15) is 11.9 Å². The molecule has 2 aliphatic heterocycles. The molecule has 0 radical (unpaired) electrons. The van der Waals surface area contributed by atoms with E-state index in [1.54, 1.807) is 4.90 Å². The van der Waals surface area contributed by atoms with Crippen molar-refractivity contribution in [1.82, 2.24) is 25.1 Å². The van der Waals surface area contributed by atoms with Crippen molar-refractivity contribution in [2.24, 2.45) is 5.41 Å². The Morgan fingerprint density at radius 1 is 1.14 bits per heavy atom. The number of nitrogen functional groups attached to an aromatic ring is 1. The minimum Gasteiger partial charge on any atom is -0.480 e. The van der Waals surface area contributed by atoms with E-state index in [0.29, 0.717) is 49.6 Å². The first-order valence-electron chi connectivity index (χ1n) is 12.7. The summed E-state index contributed by atoms with van der Waals surface area (Å²) in [5.74, 6) is -1.57. The molecule has 10 nitrogen and oxygen atoms in total. The molecule has 1 aromatic carbocycles. The highest BCUT2D eigenvalue weighted by Crippen LogP contribution is 2.42. The van der Waals surface area contributed by atoms with Crippen molar-refractivity contribution in [2.75, 3.05) is 30.3 Å². The van der Waals surface area contributed by atoms with Crippen molar-refractivity contribution >= 4 is 29.3 Å². The lowest BCUT2D eigenvalue weighted by molar-refractivity contribution is -0.198. The number of benzene rings is 1. The number of carboxylic acid groups (broad SMARTS) is 1. The van der Waals surface area contributed by atoms with Crippen LogP contribution in [0.15, 0.2) is 36.5 Å². The minimum absolute atomic E-state index is 0.0395. The topological polar surface area (TPSA) is 131 Å². The largest absolute Gasteiger partial charge is 0.480 e. The molecule has 2 aromatic heterocycles. The van der Waals surface area contributed by atoms with Crippen molar-refractivity contribution in [2.45, 2.75) is 43.8 Å². The van der Waals surface area contributed by atoms with Gasteiger partial charge >= 0.3 is 18.3 Å². The van der Waals surface area contributed by atoms with Crippen molar-refractivity contribution < 1.29 is 41.0 Å². The Morgan fingerprint density at radius 2 is 1.86 bits per heavy atom. The van der Waals surface area contributed by atoms with Crippen LogP contribution in [0.2, 0.25) is 5.02 Å². The van der Waals surface area contributed by atoms with Crippen molar-refractivity contribution in [1.29, 1.82) is 0 Å². The Hall–Kier alpha value is -3.79. The zero-order chi connectivity index (χ0) is 30.4. The van der Waals surface area contributed by atoms with Gasteiger partial charge in [-0.05, 0) is 42.9 Å². The monoisotopic (exact) mass is 619 g/mol. The van der Waals surface area contributed by atoms with Gasteiger partial charge in [-0.25, -0.2) is 4.68 Å². The Morgan fingerprint density at radius 3 is 2.45 bits per heavy atom. The van der Waals surface area contributed by atoms with Gasteiger partial charge < -0.3 is 25.8 Å². The van der Waals surface area contributed by atoms with E-state index in [-0.39, 0.29) is 27.9 Å². The average Bonchev–Trinajstić information content (AvgIpc) is 3.56. The summed E-state index contributed by atoms with van der Waals surface area (Å²) in [7, 11) is 0. The first-order valence-corrected chi connectivity index (χ1v) is 13.0. The maximum atomic E-state index is 14.4. The van der Waals surface area contributed by atoms with Crippen molar-refractivity contribution in [3.05, 3.63) is 52.8 Å². The summed E-state index contributed by atoms with van der Waals surface area (Å²) in [4.78, 5) is 21.1. The molecule has 0 amide bonds. The molecule has 2 atom stereocenters. The number of piperidine rings is 1. The van der Waals surface area contributed by atoms with E-state index in [2.05, 4.69) is 20.4 Å². The summed E-state index contributed by atoms with van der Waals surface area (Å²) in [6.45, 7) is 1.42. The lowest BCUT2D eigenvalue weighted by atomic mass is 9.76.